The van der Waals surface area contributed by atoms with Crippen molar-refractivity contribution in [2.45, 2.75) is 116 Å². The zero-order chi connectivity index (χ0) is 23.3. The van der Waals surface area contributed by atoms with Crippen LogP contribution >= 0.6 is 0 Å². The first-order valence-corrected chi connectivity index (χ1v) is 12.2. The lowest BCUT2D eigenvalue weighted by Crippen LogP contribution is -2.33. The molecule has 32 heavy (non-hydrogen) atoms. The molecule has 8 heteroatoms. The highest BCUT2D eigenvalue weighted by Crippen LogP contribution is 2.30. The molecule has 1 aromatic heterocycles. The number of aromatic nitrogens is 2. The van der Waals surface area contributed by atoms with Gasteiger partial charge in [-0.3, -0.25) is 19.1 Å². The number of nitrogens with one attached hydrogen (secondary N) is 1. The Labute approximate surface area is 190 Å². The summed E-state index contributed by atoms with van der Waals surface area (Å²) in [6.07, 6.45) is 13.3. The van der Waals surface area contributed by atoms with Crippen molar-refractivity contribution in [3.8, 4) is 0 Å². The number of unbranched alkanes of at least 4 members (excludes halogenated alkanes) is 10. The minimum atomic E-state index is -0.699. The second-order valence-corrected chi connectivity index (χ2v) is 8.84. The first-order valence-electron chi connectivity index (χ1n) is 12.2. The van der Waals surface area contributed by atoms with Gasteiger partial charge in [0.1, 0.15) is 18.4 Å². The van der Waals surface area contributed by atoms with E-state index in [-0.39, 0.29) is 19.0 Å². The van der Waals surface area contributed by atoms with Crippen LogP contribution in [0.15, 0.2) is 15.8 Å². The second-order valence-electron chi connectivity index (χ2n) is 8.84. The molecule has 0 amide bonds. The minimum Gasteiger partial charge on any atom is -0.459 e. The highest BCUT2D eigenvalue weighted by molar-refractivity contribution is 5.69. The van der Waals surface area contributed by atoms with Crippen LogP contribution < -0.4 is 11.2 Å². The first-order chi connectivity index (χ1) is 15.5. The van der Waals surface area contributed by atoms with E-state index in [1.54, 1.807) is 6.92 Å². The largest absolute Gasteiger partial charge is 0.459 e. The van der Waals surface area contributed by atoms with Gasteiger partial charge in [-0.25, -0.2) is 4.79 Å². The highest BCUT2D eigenvalue weighted by Gasteiger charge is 2.38. The van der Waals surface area contributed by atoms with Crippen LogP contribution in [0.5, 0.6) is 0 Å². The molecule has 2 N–H and O–H groups in total. The van der Waals surface area contributed by atoms with E-state index in [9.17, 15) is 19.5 Å². The summed E-state index contributed by atoms with van der Waals surface area (Å²) in [6.45, 7) is 3.51. The van der Waals surface area contributed by atoms with E-state index >= 15 is 0 Å². The predicted molar refractivity (Wildman–Crippen MR) is 123 cm³/mol. The van der Waals surface area contributed by atoms with Gasteiger partial charge in [0.05, 0.1) is 6.61 Å². The van der Waals surface area contributed by atoms with Gasteiger partial charge in [-0.2, -0.15) is 0 Å². The number of hydrogen-bond acceptors (Lipinski definition) is 6. The number of rotatable bonds is 15. The van der Waals surface area contributed by atoms with Crippen molar-refractivity contribution in [2.24, 2.45) is 0 Å². The van der Waals surface area contributed by atoms with Crippen molar-refractivity contribution in [2.75, 3.05) is 6.61 Å². The number of hydrogen-bond donors (Lipinski definition) is 2. The molecule has 0 aliphatic carbocycles. The number of aryl methyl sites for hydroxylation is 1. The number of H-pyrrole nitrogens is 1. The summed E-state index contributed by atoms with van der Waals surface area (Å²) < 4.78 is 12.5. The van der Waals surface area contributed by atoms with Crippen LogP contribution in [0.2, 0.25) is 0 Å². The van der Waals surface area contributed by atoms with Gasteiger partial charge in [0.15, 0.2) is 0 Å². The van der Waals surface area contributed by atoms with E-state index in [4.69, 9.17) is 9.47 Å². The first kappa shape index (κ1) is 26.3. The van der Waals surface area contributed by atoms with Crippen molar-refractivity contribution < 1.29 is 19.4 Å². The Kier molecular flexibility index (Phi) is 11.7. The van der Waals surface area contributed by atoms with Gasteiger partial charge in [-0.1, -0.05) is 71.1 Å². The highest BCUT2D eigenvalue weighted by atomic mass is 16.6. The Morgan fingerprint density at radius 1 is 1.09 bits per heavy atom. The average molecular weight is 453 g/mol. The van der Waals surface area contributed by atoms with Crippen molar-refractivity contribution in [1.82, 2.24) is 9.55 Å². The van der Waals surface area contributed by atoms with Crippen LogP contribution in [0.3, 0.4) is 0 Å². The van der Waals surface area contributed by atoms with Crippen LogP contribution in [0.1, 0.15) is 102 Å². The van der Waals surface area contributed by atoms with E-state index in [0.29, 0.717) is 12.0 Å². The summed E-state index contributed by atoms with van der Waals surface area (Å²) in [5.41, 5.74) is -0.654. The van der Waals surface area contributed by atoms with Gasteiger partial charge in [0.2, 0.25) is 0 Å². The Hall–Kier alpha value is -1.93. The lowest BCUT2D eigenvalue weighted by atomic mass is 10.1. The normalized spacial score (nSPS) is 20.5. The lowest BCUT2D eigenvalue weighted by Gasteiger charge is -2.16. The predicted octanol–water partition coefficient (Wildman–Crippen LogP) is 3.74. The van der Waals surface area contributed by atoms with Crippen molar-refractivity contribution in [3.05, 3.63) is 32.6 Å². The van der Waals surface area contributed by atoms with Crippen molar-refractivity contribution >= 4 is 5.97 Å². The van der Waals surface area contributed by atoms with E-state index in [1.165, 1.54) is 62.1 Å². The molecule has 1 aliphatic heterocycles. The summed E-state index contributed by atoms with van der Waals surface area (Å²) in [4.78, 5) is 38.1. The number of ether oxygens (including phenoxy) is 2. The maximum absolute atomic E-state index is 12.3. The fourth-order valence-corrected chi connectivity index (χ4v) is 4.12. The molecule has 1 saturated heterocycles. The summed E-state index contributed by atoms with van der Waals surface area (Å²) >= 11 is 0. The molecule has 1 aliphatic rings. The molecule has 182 valence electrons. The Morgan fingerprint density at radius 3 is 2.28 bits per heavy atom. The lowest BCUT2D eigenvalue weighted by molar-refractivity contribution is -0.153. The molecule has 3 atom stereocenters. The molecule has 2 rings (SSSR count). The zero-order valence-corrected chi connectivity index (χ0v) is 19.6. The summed E-state index contributed by atoms with van der Waals surface area (Å²) in [5.74, 6) is -0.307. The van der Waals surface area contributed by atoms with Gasteiger partial charge in [-0.05, 0) is 13.3 Å². The number of aromatic amines is 1. The average Bonchev–Trinajstić information content (AvgIpc) is 3.17. The third-order valence-electron chi connectivity index (χ3n) is 6.08. The Balaban J connectivity index is 1.66. The molecule has 0 aromatic carbocycles. The molecular formula is C24H40N2O6. The molecule has 0 saturated carbocycles. The number of nitrogens with zero attached hydrogens (tertiary/aromatic N) is 1. The molecule has 0 radical (unpaired) electrons. The van der Waals surface area contributed by atoms with E-state index in [1.807, 2.05) is 0 Å². The smallest absolute Gasteiger partial charge is 0.330 e. The number of esters is 1. The van der Waals surface area contributed by atoms with Gasteiger partial charge in [-0.15, -0.1) is 0 Å². The van der Waals surface area contributed by atoms with Crippen LogP contribution in [-0.4, -0.2) is 39.4 Å². The maximum atomic E-state index is 12.3. The molecule has 0 spiro atoms. The SMILES string of the molecule is CCCCCCCCCCCCCC(=O)OC1C[C@H](n2cc(C)c(=O)[nH]c2=O)O[C@@H]1CO. The molecule has 2 heterocycles. The van der Waals surface area contributed by atoms with Crippen LogP contribution in [-0.2, 0) is 14.3 Å². The molecule has 8 nitrogen and oxygen atoms in total. The summed E-state index contributed by atoms with van der Waals surface area (Å²) in [5, 5.41) is 9.60. The second kappa shape index (κ2) is 14.3. The van der Waals surface area contributed by atoms with Gasteiger partial charge in [0.25, 0.3) is 5.56 Å². The third-order valence-corrected chi connectivity index (χ3v) is 6.08. The molecule has 0 bridgehead atoms. The molecule has 1 aromatic rings. The topological polar surface area (TPSA) is 111 Å². The summed E-state index contributed by atoms with van der Waals surface area (Å²) in [6, 6.07) is 0. The van der Waals surface area contributed by atoms with Crippen LogP contribution in [0, 0.1) is 6.92 Å². The van der Waals surface area contributed by atoms with Gasteiger partial charge >= 0.3 is 11.7 Å². The van der Waals surface area contributed by atoms with E-state index in [2.05, 4.69) is 11.9 Å². The Morgan fingerprint density at radius 2 is 1.69 bits per heavy atom. The monoisotopic (exact) mass is 452 g/mol. The van der Waals surface area contributed by atoms with Crippen molar-refractivity contribution in [3.63, 3.8) is 0 Å². The van der Waals surface area contributed by atoms with Crippen LogP contribution in [0.25, 0.3) is 0 Å². The molecule has 1 unspecified atom stereocenters. The third kappa shape index (κ3) is 8.54. The van der Waals surface area contributed by atoms with Crippen LogP contribution in [0.4, 0.5) is 0 Å². The number of carbonyl (C=O) groups is 1. The van der Waals surface area contributed by atoms with Gasteiger partial charge in [0, 0.05) is 24.6 Å². The fraction of sp³-hybridized carbons (Fsp3) is 0.792. The van der Waals surface area contributed by atoms with E-state index in [0.717, 1.165) is 19.3 Å². The Bertz CT molecular complexity index is 802. The minimum absolute atomic E-state index is 0.251. The quantitative estimate of drug-likeness (QED) is 0.310. The number of aliphatic hydroxyl groups excluding tert-OH is 1. The molecule has 1 fully saturated rings. The number of carbonyl (C=O) groups excluding carboxylic acids is 1. The fourth-order valence-electron chi connectivity index (χ4n) is 4.12. The van der Waals surface area contributed by atoms with Crippen molar-refractivity contribution in [1.29, 1.82) is 0 Å². The molecular weight excluding hydrogens is 412 g/mol. The summed E-state index contributed by atoms with van der Waals surface area (Å²) in [7, 11) is 0. The maximum Gasteiger partial charge on any atom is 0.330 e. The number of aliphatic hydroxyl groups is 1. The van der Waals surface area contributed by atoms with E-state index < -0.39 is 29.7 Å². The van der Waals surface area contributed by atoms with Gasteiger partial charge < -0.3 is 14.6 Å². The standard InChI is InChI=1S/C24H40N2O6/c1-3-4-5-6-7-8-9-10-11-12-13-14-22(28)32-19-15-21(31-20(19)17-27)26-16-18(2)23(29)25-24(26)30/h16,19-21,27H,3-15,17H2,1-2H3,(H,25,29,30)/t19?,20-,21-/m1/s1. The zero-order valence-electron chi connectivity index (χ0n) is 19.6.